The van der Waals surface area contributed by atoms with Gasteiger partial charge in [-0.05, 0) is 30.7 Å². The van der Waals surface area contributed by atoms with Crippen molar-refractivity contribution in [3.8, 4) is 0 Å². The van der Waals surface area contributed by atoms with E-state index >= 15 is 0 Å². The van der Waals surface area contributed by atoms with Crippen molar-refractivity contribution in [3.63, 3.8) is 0 Å². The van der Waals surface area contributed by atoms with Gasteiger partial charge >= 0.3 is 6.03 Å². The summed E-state index contributed by atoms with van der Waals surface area (Å²) in [4.78, 5) is 30.7. The van der Waals surface area contributed by atoms with Crippen molar-refractivity contribution < 1.29 is 9.59 Å². The second-order valence-electron chi connectivity index (χ2n) is 6.39. The van der Waals surface area contributed by atoms with Crippen LogP contribution in [0.25, 0.3) is 10.9 Å². The van der Waals surface area contributed by atoms with Crippen molar-refractivity contribution in [2.75, 3.05) is 24.7 Å². The minimum atomic E-state index is -0.440. The lowest BCUT2D eigenvalue weighted by molar-refractivity contribution is 0.102. The monoisotopic (exact) mass is 416 g/mol. The molecule has 0 atom stereocenters. The maximum atomic E-state index is 12.7. The van der Waals surface area contributed by atoms with Gasteiger partial charge in [0.25, 0.3) is 5.91 Å². The molecular formula is C20H18Cl2N4O2. The Morgan fingerprint density at radius 1 is 1.00 bits per heavy atom. The fourth-order valence-electron chi connectivity index (χ4n) is 2.71. The molecule has 8 heteroatoms. The number of anilines is 2. The van der Waals surface area contributed by atoms with Crippen LogP contribution in [-0.4, -0.2) is 35.9 Å². The van der Waals surface area contributed by atoms with E-state index < -0.39 is 5.91 Å². The maximum Gasteiger partial charge on any atom is 0.321 e. The molecule has 2 N–H and O–H groups in total. The summed E-state index contributed by atoms with van der Waals surface area (Å²) < 4.78 is 0. The number of rotatable bonds is 3. The van der Waals surface area contributed by atoms with Crippen LogP contribution in [0.15, 0.2) is 42.6 Å². The van der Waals surface area contributed by atoms with Crippen molar-refractivity contribution >= 4 is 57.4 Å². The molecule has 28 heavy (non-hydrogen) atoms. The molecule has 0 bridgehead atoms. The van der Waals surface area contributed by atoms with Crippen LogP contribution in [0.4, 0.5) is 16.2 Å². The maximum absolute atomic E-state index is 12.7. The van der Waals surface area contributed by atoms with Crippen LogP contribution in [0, 0.1) is 6.92 Å². The first-order valence-electron chi connectivity index (χ1n) is 8.41. The number of aromatic nitrogens is 1. The predicted octanol–water partition coefficient (Wildman–Crippen LogP) is 5.20. The van der Waals surface area contributed by atoms with E-state index in [0.29, 0.717) is 22.3 Å². The Labute approximate surface area is 172 Å². The topological polar surface area (TPSA) is 74.3 Å². The number of pyridine rings is 1. The van der Waals surface area contributed by atoms with Gasteiger partial charge < -0.3 is 15.5 Å². The summed E-state index contributed by atoms with van der Waals surface area (Å²) in [6, 6.07) is 9.95. The summed E-state index contributed by atoms with van der Waals surface area (Å²) in [5.41, 5.74) is 2.66. The average Bonchev–Trinajstić information content (AvgIpc) is 2.63. The van der Waals surface area contributed by atoms with Gasteiger partial charge in [-0.15, -0.1) is 0 Å². The summed E-state index contributed by atoms with van der Waals surface area (Å²) in [6.07, 6.45) is 1.64. The molecular weight excluding hydrogens is 399 g/mol. The number of carbonyl (C=O) groups is 2. The molecule has 3 aromatic rings. The normalized spacial score (nSPS) is 10.6. The molecule has 0 radical (unpaired) electrons. The van der Waals surface area contributed by atoms with Gasteiger partial charge in [0, 0.05) is 25.7 Å². The van der Waals surface area contributed by atoms with E-state index in [1.807, 2.05) is 13.0 Å². The van der Waals surface area contributed by atoms with E-state index in [9.17, 15) is 9.59 Å². The van der Waals surface area contributed by atoms with E-state index in [2.05, 4.69) is 15.6 Å². The van der Waals surface area contributed by atoms with Crippen LogP contribution in [0.1, 0.15) is 15.9 Å². The number of benzene rings is 2. The third-order valence-corrected chi connectivity index (χ3v) is 4.79. The van der Waals surface area contributed by atoms with Crippen molar-refractivity contribution in [1.82, 2.24) is 9.88 Å². The Morgan fingerprint density at radius 3 is 2.29 bits per heavy atom. The van der Waals surface area contributed by atoms with Crippen LogP contribution in [0.2, 0.25) is 10.0 Å². The zero-order chi connectivity index (χ0) is 20.4. The van der Waals surface area contributed by atoms with Crippen LogP contribution in [0.5, 0.6) is 0 Å². The van der Waals surface area contributed by atoms with Crippen LogP contribution in [0.3, 0.4) is 0 Å². The van der Waals surface area contributed by atoms with Crippen molar-refractivity contribution in [2.24, 2.45) is 0 Å². The molecule has 0 aliphatic rings. The quantitative estimate of drug-likeness (QED) is 0.616. The fourth-order valence-corrected chi connectivity index (χ4v) is 3.28. The number of aryl methyl sites for hydroxylation is 1. The Hall–Kier alpha value is -2.83. The molecule has 0 aliphatic heterocycles. The molecule has 0 aliphatic carbocycles. The van der Waals surface area contributed by atoms with Gasteiger partial charge in [0.05, 0.1) is 32.5 Å². The number of nitrogens with one attached hydrogen (secondary N) is 2. The highest BCUT2D eigenvalue weighted by Gasteiger charge is 2.18. The van der Waals surface area contributed by atoms with Crippen molar-refractivity contribution in [2.45, 2.75) is 6.92 Å². The van der Waals surface area contributed by atoms with E-state index in [1.54, 1.807) is 50.6 Å². The Kier molecular flexibility index (Phi) is 5.72. The number of hydrogen-bond donors (Lipinski definition) is 2. The predicted molar refractivity (Wildman–Crippen MR) is 114 cm³/mol. The number of urea groups is 1. The lowest BCUT2D eigenvalue weighted by Gasteiger charge is -2.17. The molecule has 2 aromatic carbocycles. The number of hydrogen-bond acceptors (Lipinski definition) is 3. The highest BCUT2D eigenvalue weighted by atomic mass is 35.5. The highest BCUT2D eigenvalue weighted by Crippen LogP contribution is 2.31. The molecule has 1 aromatic heterocycles. The zero-order valence-corrected chi connectivity index (χ0v) is 17.0. The first-order valence-corrected chi connectivity index (χ1v) is 9.17. The highest BCUT2D eigenvalue weighted by molar-refractivity contribution is 6.40. The van der Waals surface area contributed by atoms with E-state index in [4.69, 9.17) is 23.2 Å². The first-order chi connectivity index (χ1) is 13.3. The Morgan fingerprint density at radius 2 is 1.64 bits per heavy atom. The van der Waals surface area contributed by atoms with E-state index in [0.717, 1.165) is 5.56 Å². The molecule has 0 saturated heterocycles. The largest absolute Gasteiger partial charge is 0.331 e. The summed E-state index contributed by atoms with van der Waals surface area (Å²) in [6.45, 7) is 1.85. The first kappa shape index (κ1) is 19.9. The SMILES string of the molecule is Cc1cnc2c(NC(=O)c3c(Cl)cccc3Cl)cccc2c1NC(=O)N(C)C. The van der Waals surface area contributed by atoms with Gasteiger partial charge in [0.15, 0.2) is 0 Å². The lowest BCUT2D eigenvalue weighted by Crippen LogP contribution is -2.27. The third kappa shape index (κ3) is 3.88. The Balaban J connectivity index is 2.04. The standard InChI is InChI=1S/C20H18Cl2N4O2/c1-11-10-23-18-12(17(11)25-20(28)26(2)3)6-4-9-15(18)24-19(27)16-13(21)7-5-8-14(16)22/h4-10H,1-3H3,(H,24,27)(H,23,25,28). The van der Waals surface area contributed by atoms with Crippen molar-refractivity contribution in [3.05, 3.63) is 63.8 Å². The fraction of sp³-hybridized carbons (Fsp3) is 0.150. The molecule has 1 heterocycles. The lowest BCUT2D eigenvalue weighted by atomic mass is 10.1. The van der Waals surface area contributed by atoms with Gasteiger partial charge in [0.2, 0.25) is 0 Å². The van der Waals surface area contributed by atoms with Gasteiger partial charge in [-0.25, -0.2) is 4.79 Å². The minimum absolute atomic E-state index is 0.191. The third-order valence-electron chi connectivity index (χ3n) is 4.16. The number of para-hydroxylation sites is 1. The number of halogens is 2. The number of amides is 3. The summed E-state index contributed by atoms with van der Waals surface area (Å²) in [5, 5.41) is 6.91. The molecule has 0 fully saturated rings. The van der Waals surface area contributed by atoms with Crippen molar-refractivity contribution in [1.29, 1.82) is 0 Å². The molecule has 0 unspecified atom stereocenters. The molecule has 3 rings (SSSR count). The van der Waals surface area contributed by atoms with Crippen LogP contribution < -0.4 is 10.6 Å². The second kappa shape index (κ2) is 8.04. The van der Waals surface area contributed by atoms with Gasteiger partial charge in [-0.2, -0.15) is 0 Å². The second-order valence-corrected chi connectivity index (χ2v) is 7.21. The van der Waals surface area contributed by atoms with E-state index in [-0.39, 0.29) is 21.6 Å². The average molecular weight is 417 g/mol. The Bertz CT molecular complexity index is 1060. The number of carbonyl (C=O) groups excluding carboxylic acids is 2. The smallest absolute Gasteiger partial charge is 0.321 e. The number of nitrogens with zero attached hydrogens (tertiary/aromatic N) is 2. The van der Waals surface area contributed by atoms with Crippen LogP contribution in [-0.2, 0) is 0 Å². The summed E-state index contributed by atoms with van der Waals surface area (Å²) in [7, 11) is 3.32. The molecule has 144 valence electrons. The molecule has 0 spiro atoms. The zero-order valence-electron chi connectivity index (χ0n) is 15.5. The molecule has 3 amide bonds. The summed E-state index contributed by atoms with van der Waals surface area (Å²) in [5.74, 6) is -0.440. The minimum Gasteiger partial charge on any atom is -0.331 e. The van der Waals surface area contributed by atoms with Crippen LogP contribution >= 0.6 is 23.2 Å². The number of fused-ring (bicyclic) bond motifs is 1. The van der Waals surface area contributed by atoms with Gasteiger partial charge in [-0.1, -0.05) is 41.4 Å². The van der Waals surface area contributed by atoms with Gasteiger partial charge in [0.1, 0.15) is 0 Å². The molecule has 6 nitrogen and oxygen atoms in total. The molecule has 0 saturated carbocycles. The van der Waals surface area contributed by atoms with E-state index in [1.165, 1.54) is 4.90 Å². The summed E-state index contributed by atoms with van der Waals surface area (Å²) >= 11 is 12.3. The van der Waals surface area contributed by atoms with Gasteiger partial charge in [-0.3, -0.25) is 9.78 Å².